The SMILES string of the molecule is CCNC(=NCCN1CCCN(C)CC1)NCCOCC.I. The molecule has 0 atom stereocenters. The van der Waals surface area contributed by atoms with Crippen molar-refractivity contribution in [1.29, 1.82) is 0 Å². The molecule has 0 saturated carbocycles. The van der Waals surface area contributed by atoms with Crippen LogP contribution in [0.15, 0.2) is 4.99 Å². The van der Waals surface area contributed by atoms with E-state index in [1.807, 2.05) is 6.92 Å². The molecular weight excluding hydrogens is 393 g/mol. The minimum Gasteiger partial charge on any atom is -0.380 e. The molecule has 22 heavy (non-hydrogen) atoms. The molecule has 0 amide bonds. The molecule has 1 heterocycles. The van der Waals surface area contributed by atoms with Gasteiger partial charge in [-0.1, -0.05) is 0 Å². The molecule has 0 aromatic heterocycles. The first kappa shape index (κ1) is 21.9. The van der Waals surface area contributed by atoms with E-state index in [9.17, 15) is 0 Å². The first-order valence-corrected chi connectivity index (χ1v) is 8.27. The van der Waals surface area contributed by atoms with E-state index in [0.29, 0.717) is 0 Å². The average molecular weight is 427 g/mol. The highest BCUT2D eigenvalue weighted by Gasteiger charge is 2.11. The average Bonchev–Trinajstić information content (AvgIpc) is 2.68. The minimum absolute atomic E-state index is 0. The van der Waals surface area contributed by atoms with E-state index in [1.54, 1.807) is 0 Å². The molecule has 0 spiro atoms. The van der Waals surface area contributed by atoms with Gasteiger partial charge in [-0.2, -0.15) is 0 Å². The second-order valence-electron chi connectivity index (χ2n) is 5.38. The summed E-state index contributed by atoms with van der Waals surface area (Å²) in [4.78, 5) is 9.55. The van der Waals surface area contributed by atoms with Gasteiger partial charge < -0.3 is 25.2 Å². The Kier molecular flexibility index (Phi) is 14.4. The Balaban J connectivity index is 0.00000441. The molecular formula is C15H34IN5O. The van der Waals surface area contributed by atoms with Crippen molar-refractivity contribution < 1.29 is 4.74 Å². The monoisotopic (exact) mass is 427 g/mol. The lowest BCUT2D eigenvalue weighted by molar-refractivity contribution is 0.152. The molecule has 0 bridgehead atoms. The Labute approximate surface area is 153 Å². The number of rotatable bonds is 8. The van der Waals surface area contributed by atoms with E-state index < -0.39 is 0 Å². The van der Waals surface area contributed by atoms with Crippen molar-refractivity contribution in [1.82, 2.24) is 20.4 Å². The third-order valence-electron chi connectivity index (χ3n) is 3.59. The smallest absolute Gasteiger partial charge is 0.191 e. The van der Waals surface area contributed by atoms with Crippen molar-refractivity contribution in [3.8, 4) is 0 Å². The van der Waals surface area contributed by atoms with E-state index in [1.165, 1.54) is 19.5 Å². The van der Waals surface area contributed by atoms with Gasteiger partial charge in [0.1, 0.15) is 0 Å². The fourth-order valence-electron chi connectivity index (χ4n) is 2.35. The van der Waals surface area contributed by atoms with E-state index in [2.05, 4.69) is 39.4 Å². The van der Waals surface area contributed by atoms with E-state index in [-0.39, 0.29) is 24.0 Å². The van der Waals surface area contributed by atoms with Gasteiger partial charge in [-0.25, -0.2) is 0 Å². The Bertz CT molecular complexity index is 291. The van der Waals surface area contributed by atoms with Crippen molar-refractivity contribution in [3.63, 3.8) is 0 Å². The summed E-state index contributed by atoms with van der Waals surface area (Å²) >= 11 is 0. The van der Waals surface area contributed by atoms with Crippen LogP contribution in [-0.4, -0.2) is 88.4 Å². The second kappa shape index (κ2) is 14.5. The maximum atomic E-state index is 5.33. The number of hydrogen-bond acceptors (Lipinski definition) is 4. The first-order valence-electron chi connectivity index (χ1n) is 8.27. The third-order valence-corrected chi connectivity index (χ3v) is 3.59. The summed E-state index contributed by atoms with van der Waals surface area (Å²) in [6.45, 7) is 13.9. The van der Waals surface area contributed by atoms with Crippen molar-refractivity contribution >= 4 is 29.9 Å². The Morgan fingerprint density at radius 1 is 1.14 bits per heavy atom. The van der Waals surface area contributed by atoms with Gasteiger partial charge in [-0.05, 0) is 40.4 Å². The summed E-state index contributed by atoms with van der Waals surface area (Å²) in [7, 11) is 2.20. The van der Waals surface area contributed by atoms with Crippen LogP contribution in [0.2, 0.25) is 0 Å². The summed E-state index contributed by atoms with van der Waals surface area (Å²) < 4.78 is 5.33. The number of hydrogen-bond donors (Lipinski definition) is 2. The Morgan fingerprint density at radius 2 is 1.95 bits per heavy atom. The maximum absolute atomic E-state index is 5.33. The number of nitrogens with one attached hydrogen (secondary N) is 2. The zero-order chi connectivity index (χ0) is 15.3. The summed E-state index contributed by atoms with van der Waals surface area (Å²) in [6.07, 6.45) is 1.26. The maximum Gasteiger partial charge on any atom is 0.191 e. The molecule has 6 nitrogen and oxygen atoms in total. The predicted octanol–water partition coefficient (Wildman–Crippen LogP) is 0.834. The summed E-state index contributed by atoms with van der Waals surface area (Å²) in [5, 5.41) is 6.57. The van der Waals surface area contributed by atoms with Gasteiger partial charge in [0.15, 0.2) is 5.96 Å². The molecule has 1 rings (SSSR count). The van der Waals surface area contributed by atoms with Gasteiger partial charge >= 0.3 is 0 Å². The van der Waals surface area contributed by atoms with Gasteiger partial charge in [0.2, 0.25) is 0 Å². The number of halogens is 1. The number of nitrogens with zero attached hydrogens (tertiary/aromatic N) is 3. The van der Waals surface area contributed by atoms with Gasteiger partial charge in [0.05, 0.1) is 13.2 Å². The fourth-order valence-corrected chi connectivity index (χ4v) is 2.35. The largest absolute Gasteiger partial charge is 0.380 e. The van der Waals surface area contributed by atoms with Crippen molar-refractivity contribution in [2.24, 2.45) is 4.99 Å². The zero-order valence-corrected chi connectivity index (χ0v) is 16.8. The van der Waals surface area contributed by atoms with Crippen LogP contribution in [0.3, 0.4) is 0 Å². The summed E-state index contributed by atoms with van der Waals surface area (Å²) in [6, 6.07) is 0. The van der Waals surface area contributed by atoms with E-state index in [4.69, 9.17) is 4.74 Å². The summed E-state index contributed by atoms with van der Waals surface area (Å²) in [5.74, 6) is 0.893. The third kappa shape index (κ3) is 10.6. The number of guanidine groups is 1. The molecule has 1 fully saturated rings. The molecule has 0 radical (unpaired) electrons. The lowest BCUT2D eigenvalue weighted by atomic mass is 10.4. The molecule has 132 valence electrons. The molecule has 7 heteroatoms. The molecule has 2 N–H and O–H groups in total. The van der Waals surface area contributed by atoms with Crippen molar-refractivity contribution in [2.75, 3.05) is 72.6 Å². The number of ether oxygens (including phenoxy) is 1. The van der Waals surface area contributed by atoms with Crippen LogP contribution < -0.4 is 10.6 Å². The van der Waals surface area contributed by atoms with Crippen molar-refractivity contribution in [2.45, 2.75) is 20.3 Å². The molecule has 0 aromatic carbocycles. The zero-order valence-electron chi connectivity index (χ0n) is 14.4. The first-order chi connectivity index (χ1) is 10.3. The molecule has 1 saturated heterocycles. The van der Waals surface area contributed by atoms with Gasteiger partial charge in [-0.3, -0.25) is 4.99 Å². The fraction of sp³-hybridized carbons (Fsp3) is 0.933. The van der Waals surface area contributed by atoms with Gasteiger partial charge in [-0.15, -0.1) is 24.0 Å². The van der Waals surface area contributed by atoms with Crippen LogP contribution in [0.5, 0.6) is 0 Å². The molecule has 0 aromatic rings. The highest BCUT2D eigenvalue weighted by Crippen LogP contribution is 2.00. The van der Waals surface area contributed by atoms with Crippen LogP contribution in [0.4, 0.5) is 0 Å². The van der Waals surface area contributed by atoms with Gasteiger partial charge in [0, 0.05) is 39.3 Å². The van der Waals surface area contributed by atoms with Crippen LogP contribution in [0, 0.1) is 0 Å². The topological polar surface area (TPSA) is 52.1 Å². The Hall–Kier alpha value is -0.120. The molecule has 0 aliphatic carbocycles. The quantitative estimate of drug-likeness (QED) is 0.260. The lowest BCUT2D eigenvalue weighted by Crippen LogP contribution is -2.39. The van der Waals surface area contributed by atoms with Crippen LogP contribution in [0.1, 0.15) is 20.3 Å². The number of likely N-dealkylation sites (N-methyl/N-ethyl adjacent to an activating group) is 1. The van der Waals surface area contributed by atoms with E-state index >= 15 is 0 Å². The van der Waals surface area contributed by atoms with Crippen LogP contribution in [-0.2, 0) is 4.74 Å². The minimum atomic E-state index is 0. The molecule has 0 unspecified atom stereocenters. The van der Waals surface area contributed by atoms with E-state index in [0.717, 1.165) is 58.4 Å². The normalized spacial score (nSPS) is 17.7. The van der Waals surface area contributed by atoms with Crippen LogP contribution in [0.25, 0.3) is 0 Å². The summed E-state index contributed by atoms with van der Waals surface area (Å²) in [5.41, 5.74) is 0. The standard InChI is InChI=1S/C15H33N5O.HI/c1-4-16-15(18-8-14-21-5-2)17-7-11-20-10-6-9-19(3)12-13-20;/h4-14H2,1-3H3,(H2,16,17,18);1H. The number of aliphatic imine (C=N–C) groups is 1. The van der Waals surface area contributed by atoms with Gasteiger partial charge in [0.25, 0.3) is 0 Å². The predicted molar refractivity (Wildman–Crippen MR) is 104 cm³/mol. The van der Waals surface area contributed by atoms with Crippen LogP contribution >= 0.6 is 24.0 Å². The Morgan fingerprint density at radius 3 is 2.68 bits per heavy atom. The van der Waals surface area contributed by atoms with Crippen molar-refractivity contribution in [3.05, 3.63) is 0 Å². The highest BCUT2D eigenvalue weighted by atomic mass is 127. The molecule has 1 aliphatic heterocycles. The second-order valence-corrected chi connectivity index (χ2v) is 5.38. The molecule has 1 aliphatic rings. The highest BCUT2D eigenvalue weighted by molar-refractivity contribution is 14.0. The lowest BCUT2D eigenvalue weighted by Gasteiger charge is -2.19.